The van der Waals surface area contributed by atoms with Crippen LogP contribution in [-0.2, 0) is 27.5 Å². The number of halogens is 4. The summed E-state index contributed by atoms with van der Waals surface area (Å²) in [5.74, 6) is -1.10. The van der Waals surface area contributed by atoms with E-state index in [1.165, 1.54) is 30.6 Å². The number of furan rings is 1. The van der Waals surface area contributed by atoms with Crippen LogP contribution in [0.15, 0.2) is 64.5 Å². The van der Waals surface area contributed by atoms with Crippen molar-refractivity contribution in [3.63, 3.8) is 0 Å². The Morgan fingerprint density at radius 1 is 1.11 bits per heavy atom. The second kappa shape index (κ2) is 9.19. The fraction of sp³-hybridized carbons (Fsp3) is 0.217. The minimum absolute atomic E-state index is 0.0727. The SMILES string of the molecule is O=C(NCc1cc(-c2ccc(C(F)(F)F)nc2)ncn1)C1CCN1S(=O)(=O)c1cc2cc(F)ccc2o1. The maximum Gasteiger partial charge on any atom is 0.433 e. The molecule has 0 spiro atoms. The van der Waals surface area contributed by atoms with E-state index in [2.05, 4.69) is 20.3 Å². The van der Waals surface area contributed by atoms with Crippen molar-refractivity contribution in [2.75, 3.05) is 6.54 Å². The molecule has 14 heteroatoms. The van der Waals surface area contributed by atoms with Crippen LogP contribution in [-0.4, -0.2) is 46.2 Å². The van der Waals surface area contributed by atoms with E-state index < -0.39 is 44.8 Å². The van der Waals surface area contributed by atoms with Gasteiger partial charge in [0, 0.05) is 29.8 Å². The van der Waals surface area contributed by atoms with Gasteiger partial charge in [0.25, 0.3) is 10.0 Å². The normalized spacial score (nSPS) is 16.5. The number of nitrogens with one attached hydrogen (secondary N) is 1. The number of amides is 1. The summed E-state index contributed by atoms with van der Waals surface area (Å²) >= 11 is 0. The third-order valence-electron chi connectivity index (χ3n) is 5.81. The Labute approximate surface area is 207 Å². The highest BCUT2D eigenvalue weighted by atomic mass is 32.2. The monoisotopic (exact) mass is 535 g/mol. The average Bonchev–Trinajstić information content (AvgIpc) is 3.26. The summed E-state index contributed by atoms with van der Waals surface area (Å²) in [5.41, 5.74) is 0.141. The van der Waals surface area contributed by atoms with Crippen LogP contribution in [0.5, 0.6) is 0 Å². The van der Waals surface area contributed by atoms with Gasteiger partial charge in [-0.2, -0.15) is 17.5 Å². The molecule has 37 heavy (non-hydrogen) atoms. The molecule has 0 bridgehead atoms. The number of aromatic nitrogens is 3. The van der Waals surface area contributed by atoms with Crippen LogP contribution < -0.4 is 5.32 Å². The molecule has 5 rings (SSSR count). The fourth-order valence-corrected chi connectivity index (χ4v) is 5.39. The lowest BCUT2D eigenvalue weighted by Gasteiger charge is -2.37. The largest absolute Gasteiger partial charge is 0.443 e. The molecule has 0 saturated carbocycles. The predicted octanol–water partition coefficient (Wildman–Crippen LogP) is 3.52. The molecule has 1 aliphatic heterocycles. The highest BCUT2D eigenvalue weighted by Crippen LogP contribution is 2.31. The highest BCUT2D eigenvalue weighted by molar-refractivity contribution is 7.89. The van der Waals surface area contributed by atoms with Crippen LogP contribution in [0.4, 0.5) is 17.6 Å². The van der Waals surface area contributed by atoms with Crippen molar-refractivity contribution >= 4 is 26.9 Å². The summed E-state index contributed by atoms with van der Waals surface area (Å²) in [6, 6.07) is 7.39. The number of benzene rings is 1. The molecule has 4 heterocycles. The lowest BCUT2D eigenvalue weighted by atomic mass is 10.1. The van der Waals surface area contributed by atoms with Crippen molar-refractivity contribution < 1.29 is 35.2 Å². The molecule has 1 fully saturated rings. The van der Waals surface area contributed by atoms with Gasteiger partial charge >= 0.3 is 6.18 Å². The Morgan fingerprint density at radius 3 is 2.59 bits per heavy atom. The van der Waals surface area contributed by atoms with Gasteiger partial charge in [0.15, 0.2) is 0 Å². The van der Waals surface area contributed by atoms with Crippen LogP contribution in [0, 0.1) is 5.82 Å². The molecular weight excluding hydrogens is 518 g/mol. The van der Waals surface area contributed by atoms with Crippen LogP contribution in [0.25, 0.3) is 22.2 Å². The molecular formula is C23H17F4N5O4S. The number of hydrogen-bond donors (Lipinski definition) is 1. The summed E-state index contributed by atoms with van der Waals surface area (Å²) in [6.45, 7) is 0.0289. The van der Waals surface area contributed by atoms with E-state index in [1.807, 2.05) is 0 Å². The number of nitrogens with zero attached hydrogens (tertiary/aromatic N) is 4. The maximum absolute atomic E-state index is 13.4. The van der Waals surface area contributed by atoms with Crippen LogP contribution >= 0.6 is 0 Å². The first-order chi connectivity index (χ1) is 17.5. The molecule has 192 valence electrons. The summed E-state index contributed by atoms with van der Waals surface area (Å²) in [6.07, 6.45) is -2.05. The molecule has 4 aromatic rings. The van der Waals surface area contributed by atoms with Gasteiger partial charge in [0.1, 0.15) is 29.5 Å². The zero-order chi connectivity index (χ0) is 26.4. The van der Waals surface area contributed by atoms with Crippen molar-refractivity contribution in [2.24, 2.45) is 0 Å². The summed E-state index contributed by atoms with van der Waals surface area (Å²) in [5, 5.41) is 2.50. The van der Waals surface area contributed by atoms with Gasteiger partial charge < -0.3 is 9.73 Å². The second-order valence-electron chi connectivity index (χ2n) is 8.21. The fourth-order valence-electron chi connectivity index (χ4n) is 3.81. The van der Waals surface area contributed by atoms with E-state index in [9.17, 15) is 30.8 Å². The Morgan fingerprint density at radius 2 is 1.92 bits per heavy atom. The minimum Gasteiger partial charge on any atom is -0.443 e. The van der Waals surface area contributed by atoms with E-state index in [0.717, 1.165) is 28.7 Å². The summed E-state index contributed by atoms with van der Waals surface area (Å²) in [4.78, 5) is 24.2. The number of rotatable bonds is 6. The standard InChI is InChI=1S/C23H17F4N5O4S/c24-15-2-3-19-14(7-15)8-21(36-19)37(34,35)32-6-5-18(32)22(33)29-11-16-9-17(31-12-30-16)13-1-4-20(28-10-13)23(25,26)27/h1-4,7-10,12,18H,5-6,11H2,(H,29,33). The summed E-state index contributed by atoms with van der Waals surface area (Å²) < 4.78 is 84.0. The minimum atomic E-state index is -4.56. The Hall–Kier alpha value is -3.91. The zero-order valence-corrected chi connectivity index (χ0v) is 19.6. The molecule has 1 aromatic carbocycles. The predicted molar refractivity (Wildman–Crippen MR) is 121 cm³/mol. The summed E-state index contributed by atoms with van der Waals surface area (Å²) in [7, 11) is -4.14. The van der Waals surface area contributed by atoms with E-state index in [-0.39, 0.29) is 30.5 Å². The number of hydrogen-bond acceptors (Lipinski definition) is 7. The molecule has 1 saturated heterocycles. The smallest absolute Gasteiger partial charge is 0.433 e. The quantitative estimate of drug-likeness (QED) is 0.376. The van der Waals surface area contributed by atoms with E-state index in [4.69, 9.17) is 4.42 Å². The first-order valence-corrected chi connectivity index (χ1v) is 12.3. The Balaban J connectivity index is 1.25. The first-order valence-electron chi connectivity index (χ1n) is 10.9. The number of fused-ring (bicyclic) bond motifs is 1. The van der Waals surface area contributed by atoms with Gasteiger partial charge in [-0.25, -0.2) is 22.8 Å². The van der Waals surface area contributed by atoms with Gasteiger partial charge in [0.05, 0.1) is 17.9 Å². The van der Waals surface area contributed by atoms with Crippen LogP contribution in [0.3, 0.4) is 0 Å². The lowest BCUT2D eigenvalue weighted by molar-refractivity contribution is -0.141. The number of pyridine rings is 1. The zero-order valence-electron chi connectivity index (χ0n) is 18.7. The molecule has 1 atom stereocenters. The first kappa shape index (κ1) is 24.8. The lowest BCUT2D eigenvalue weighted by Crippen LogP contribution is -2.57. The van der Waals surface area contributed by atoms with Gasteiger partial charge in [0.2, 0.25) is 11.0 Å². The van der Waals surface area contributed by atoms with Crippen molar-refractivity contribution in [3.8, 4) is 11.3 Å². The van der Waals surface area contributed by atoms with Crippen molar-refractivity contribution in [3.05, 3.63) is 72.2 Å². The molecule has 1 N–H and O–H groups in total. The number of carbonyl (C=O) groups excluding carboxylic acids is 1. The van der Waals surface area contributed by atoms with Crippen molar-refractivity contribution in [1.82, 2.24) is 24.6 Å². The Bertz CT molecular complexity index is 1590. The third kappa shape index (κ3) is 4.89. The average molecular weight is 535 g/mol. The topological polar surface area (TPSA) is 118 Å². The molecule has 9 nitrogen and oxygen atoms in total. The number of alkyl halides is 3. The molecule has 1 amide bonds. The molecule has 0 radical (unpaired) electrons. The van der Waals surface area contributed by atoms with E-state index >= 15 is 0 Å². The van der Waals surface area contributed by atoms with Crippen molar-refractivity contribution in [2.45, 2.75) is 30.3 Å². The van der Waals surface area contributed by atoms with E-state index in [0.29, 0.717) is 17.0 Å². The van der Waals surface area contributed by atoms with Gasteiger partial charge in [-0.15, -0.1) is 0 Å². The van der Waals surface area contributed by atoms with Crippen LogP contribution in [0.2, 0.25) is 0 Å². The number of carbonyl (C=O) groups is 1. The molecule has 1 aliphatic rings. The van der Waals surface area contributed by atoms with Gasteiger partial charge in [-0.3, -0.25) is 9.78 Å². The number of sulfonamides is 1. The molecule has 1 unspecified atom stereocenters. The molecule has 0 aliphatic carbocycles. The Kier molecular flexibility index (Phi) is 6.15. The maximum atomic E-state index is 13.4. The third-order valence-corrected chi connectivity index (χ3v) is 7.57. The second-order valence-corrected chi connectivity index (χ2v) is 10.0. The van der Waals surface area contributed by atoms with Gasteiger partial charge in [-0.1, -0.05) is 0 Å². The van der Waals surface area contributed by atoms with E-state index in [1.54, 1.807) is 0 Å². The van der Waals surface area contributed by atoms with Crippen molar-refractivity contribution in [1.29, 1.82) is 0 Å². The van der Waals surface area contributed by atoms with Gasteiger partial charge in [-0.05, 0) is 42.8 Å². The van der Waals surface area contributed by atoms with Crippen LogP contribution in [0.1, 0.15) is 17.8 Å². The highest BCUT2D eigenvalue weighted by Gasteiger charge is 2.44. The molecule has 3 aromatic heterocycles.